The first kappa shape index (κ1) is 18.9. The van der Waals surface area contributed by atoms with Crippen molar-refractivity contribution >= 4 is 5.65 Å². The summed E-state index contributed by atoms with van der Waals surface area (Å²) in [5, 5.41) is 8.04. The van der Waals surface area contributed by atoms with E-state index in [0.717, 1.165) is 5.69 Å². The van der Waals surface area contributed by atoms with E-state index in [0.29, 0.717) is 40.9 Å². The third-order valence-electron chi connectivity index (χ3n) is 4.85. The molecule has 0 amide bonds. The van der Waals surface area contributed by atoms with Gasteiger partial charge < -0.3 is 4.74 Å². The van der Waals surface area contributed by atoms with Crippen LogP contribution in [0.1, 0.15) is 23.2 Å². The summed E-state index contributed by atoms with van der Waals surface area (Å²) in [5.41, 5.74) is 2.45. The van der Waals surface area contributed by atoms with E-state index in [1.165, 1.54) is 38.0 Å². The van der Waals surface area contributed by atoms with Crippen molar-refractivity contribution in [1.29, 1.82) is 0 Å². The van der Waals surface area contributed by atoms with Crippen molar-refractivity contribution < 1.29 is 17.9 Å². The largest absolute Gasteiger partial charge is 0.496 e. The number of nitrogens with zero attached hydrogens (tertiary/aromatic N) is 4. The lowest BCUT2D eigenvalue weighted by Gasteiger charge is -2.13. The molecule has 0 radical (unpaired) electrons. The molecule has 148 valence electrons. The van der Waals surface area contributed by atoms with E-state index in [-0.39, 0.29) is 11.4 Å². The summed E-state index contributed by atoms with van der Waals surface area (Å²) in [4.78, 5) is 3.98. The van der Waals surface area contributed by atoms with Crippen LogP contribution in [-0.2, 0) is 12.8 Å². The molecule has 4 rings (SSSR count). The van der Waals surface area contributed by atoms with E-state index in [1.807, 2.05) is 0 Å². The molecule has 0 bridgehead atoms. The van der Waals surface area contributed by atoms with Gasteiger partial charge in [0.1, 0.15) is 17.9 Å². The van der Waals surface area contributed by atoms with Crippen LogP contribution in [0, 0.1) is 5.82 Å². The zero-order chi connectivity index (χ0) is 20.4. The van der Waals surface area contributed by atoms with E-state index >= 15 is 0 Å². The number of benzene rings is 1. The fourth-order valence-electron chi connectivity index (χ4n) is 3.42. The third-order valence-corrected chi connectivity index (χ3v) is 4.85. The molecule has 0 atom stereocenters. The highest BCUT2D eigenvalue weighted by atomic mass is 19.3. The molecule has 0 saturated heterocycles. The zero-order valence-corrected chi connectivity index (χ0v) is 15.5. The van der Waals surface area contributed by atoms with Crippen LogP contribution in [-0.4, -0.2) is 26.7 Å². The molecule has 4 aromatic rings. The highest BCUT2D eigenvalue weighted by molar-refractivity contribution is 5.79. The molecule has 1 aromatic carbocycles. The summed E-state index contributed by atoms with van der Waals surface area (Å²) < 4.78 is 48.0. The lowest BCUT2D eigenvalue weighted by atomic mass is 10.0. The molecule has 0 fully saturated rings. The monoisotopic (exact) mass is 398 g/mol. The van der Waals surface area contributed by atoms with E-state index < -0.39 is 6.43 Å². The van der Waals surface area contributed by atoms with Gasteiger partial charge in [0.05, 0.1) is 7.11 Å². The first-order valence-electron chi connectivity index (χ1n) is 8.95. The highest BCUT2D eigenvalue weighted by Crippen LogP contribution is 2.33. The number of methoxy groups -OCH3 is 1. The molecule has 8 heteroatoms. The summed E-state index contributed by atoms with van der Waals surface area (Å²) in [6.07, 6.45) is 2.51. The molecule has 0 saturated carbocycles. The summed E-state index contributed by atoms with van der Waals surface area (Å²) in [5.74, 6) is 0.150. The predicted molar refractivity (Wildman–Crippen MR) is 102 cm³/mol. The van der Waals surface area contributed by atoms with Crippen LogP contribution in [0.3, 0.4) is 0 Å². The van der Waals surface area contributed by atoms with Gasteiger partial charge in [0.25, 0.3) is 6.43 Å². The molecule has 0 spiro atoms. The van der Waals surface area contributed by atoms with Gasteiger partial charge in [-0.25, -0.2) is 13.2 Å². The van der Waals surface area contributed by atoms with Gasteiger partial charge in [-0.05, 0) is 43.2 Å². The Morgan fingerprint density at radius 1 is 1.07 bits per heavy atom. The zero-order valence-electron chi connectivity index (χ0n) is 15.5. The Labute approximate surface area is 164 Å². The minimum atomic E-state index is -2.64. The van der Waals surface area contributed by atoms with Crippen LogP contribution >= 0.6 is 0 Å². The van der Waals surface area contributed by atoms with E-state index in [1.54, 1.807) is 28.7 Å². The molecule has 0 N–H and O–H groups in total. The Bertz CT molecular complexity index is 1160. The van der Waals surface area contributed by atoms with Gasteiger partial charge >= 0.3 is 0 Å². The molecule has 0 aliphatic rings. The van der Waals surface area contributed by atoms with Gasteiger partial charge in [0, 0.05) is 40.3 Å². The van der Waals surface area contributed by atoms with Crippen LogP contribution in [0.25, 0.3) is 16.8 Å². The summed E-state index contributed by atoms with van der Waals surface area (Å²) in [6, 6.07) is 9.53. The first-order valence-corrected chi connectivity index (χ1v) is 8.95. The Balaban J connectivity index is 1.72. The van der Waals surface area contributed by atoms with Crippen LogP contribution in [0.15, 0.2) is 55.1 Å². The second-order valence-corrected chi connectivity index (χ2v) is 6.45. The topological polar surface area (TPSA) is 52.3 Å². The predicted octanol–water partition coefficient (Wildman–Crippen LogP) is 4.66. The maximum absolute atomic E-state index is 14.2. The van der Waals surface area contributed by atoms with Crippen LogP contribution in [0.2, 0.25) is 0 Å². The normalized spacial score (nSPS) is 11.3. The Morgan fingerprint density at radius 3 is 2.72 bits per heavy atom. The van der Waals surface area contributed by atoms with Crippen LogP contribution < -0.4 is 4.74 Å². The van der Waals surface area contributed by atoms with Crippen molar-refractivity contribution in [3.05, 3.63) is 77.8 Å². The second kappa shape index (κ2) is 7.90. The van der Waals surface area contributed by atoms with E-state index in [4.69, 9.17) is 4.74 Å². The van der Waals surface area contributed by atoms with Gasteiger partial charge in [0.15, 0.2) is 5.65 Å². The minimum Gasteiger partial charge on any atom is -0.496 e. The van der Waals surface area contributed by atoms with Crippen molar-refractivity contribution in [2.24, 2.45) is 0 Å². The Morgan fingerprint density at radius 2 is 1.93 bits per heavy atom. The van der Waals surface area contributed by atoms with Crippen LogP contribution in [0.4, 0.5) is 13.2 Å². The van der Waals surface area contributed by atoms with Crippen LogP contribution in [0.5, 0.6) is 5.75 Å². The fourth-order valence-corrected chi connectivity index (χ4v) is 3.42. The van der Waals surface area contributed by atoms with Crippen molar-refractivity contribution in [3.8, 4) is 16.9 Å². The molecule has 3 heterocycles. The van der Waals surface area contributed by atoms with Crippen molar-refractivity contribution in [3.63, 3.8) is 0 Å². The quantitative estimate of drug-likeness (QED) is 0.474. The standard InChI is InChI=1S/C21H17F3N4O/c1-29-19-4-2-3-18(22)16(19)8-6-13-5-7-15(21-27-26-12-28(13)21)17-11-25-10-9-14(17)20(23)24/h2-5,7,9-12,20H,6,8H2,1H3. The summed E-state index contributed by atoms with van der Waals surface area (Å²) in [6.45, 7) is 0. The average Bonchev–Trinajstić information content (AvgIpc) is 3.22. The highest BCUT2D eigenvalue weighted by Gasteiger charge is 2.18. The lowest BCUT2D eigenvalue weighted by Crippen LogP contribution is -2.03. The third kappa shape index (κ3) is 3.53. The summed E-state index contributed by atoms with van der Waals surface area (Å²) in [7, 11) is 1.50. The molecular weight excluding hydrogens is 381 g/mol. The molecule has 0 unspecified atom stereocenters. The number of hydrogen-bond acceptors (Lipinski definition) is 4. The van der Waals surface area contributed by atoms with E-state index in [9.17, 15) is 13.2 Å². The minimum absolute atomic E-state index is 0.117. The van der Waals surface area contributed by atoms with Crippen molar-refractivity contribution in [2.45, 2.75) is 19.3 Å². The number of hydrogen-bond donors (Lipinski definition) is 0. The Kier molecular flexibility index (Phi) is 5.16. The van der Waals surface area contributed by atoms with Crippen molar-refractivity contribution in [1.82, 2.24) is 19.6 Å². The molecule has 0 aliphatic heterocycles. The smallest absolute Gasteiger partial charge is 0.264 e. The number of ether oxygens (including phenoxy) is 1. The second-order valence-electron chi connectivity index (χ2n) is 6.45. The van der Waals surface area contributed by atoms with Gasteiger partial charge in [-0.15, -0.1) is 10.2 Å². The molecule has 3 aromatic heterocycles. The van der Waals surface area contributed by atoms with Crippen molar-refractivity contribution in [2.75, 3.05) is 7.11 Å². The SMILES string of the molecule is COc1cccc(F)c1CCc1ccc(-c2cnccc2C(F)F)c2nncn12. The number of rotatable bonds is 6. The molecule has 0 aliphatic carbocycles. The lowest BCUT2D eigenvalue weighted by molar-refractivity contribution is 0.152. The molecule has 5 nitrogen and oxygen atoms in total. The fraction of sp³-hybridized carbons (Fsp3) is 0.190. The number of halogens is 3. The maximum atomic E-state index is 14.2. The number of aromatic nitrogens is 4. The van der Waals surface area contributed by atoms with Gasteiger partial charge in [-0.2, -0.15) is 0 Å². The maximum Gasteiger partial charge on any atom is 0.264 e. The van der Waals surface area contributed by atoms with Gasteiger partial charge in [-0.1, -0.05) is 6.07 Å². The Hall–Kier alpha value is -3.42. The number of alkyl halides is 2. The first-order chi connectivity index (χ1) is 14.1. The van der Waals surface area contributed by atoms with Gasteiger partial charge in [-0.3, -0.25) is 9.38 Å². The number of fused-ring (bicyclic) bond motifs is 1. The molecule has 29 heavy (non-hydrogen) atoms. The number of pyridine rings is 2. The number of aryl methyl sites for hydroxylation is 1. The van der Waals surface area contributed by atoms with E-state index in [2.05, 4.69) is 15.2 Å². The summed E-state index contributed by atoms with van der Waals surface area (Å²) >= 11 is 0. The van der Waals surface area contributed by atoms with Gasteiger partial charge in [0.2, 0.25) is 0 Å². The average molecular weight is 398 g/mol. The molecular formula is C21H17F3N4O.